The van der Waals surface area contributed by atoms with E-state index in [2.05, 4.69) is 41.5 Å². The molecule has 0 saturated carbocycles. The third-order valence-electron chi connectivity index (χ3n) is 4.77. The molecule has 1 aromatic carbocycles. The summed E-state index contributed by atoms with van der Waals surface area (Å²) in [6.07, 6.45) is 3.97. The van der Waals surface area contributed by atoms with E-state index in [0.717, 1.165) is 31.0 Å². The number of carbonyl (C=O) groups excluding carboxylic acids is 2. The molecule has 0 spiro atoms. The minimum Gasteiger partial charge on any atom is -0.459 e. The van der Waals surface area contributed by atoms with Gasteiger partial charge in [0, 0.05) is 13.1 Å². The fourth-order valence-corrected chi connectivity index (χ4v) is 3.39. The molecule has 1 unspecified atom stereocenters. The van der Waals surface area contributed by atoms with Crippen molar-refractivity contribution in [2.45, 2.75) is 39.4 Å². The highest BCUT2D eigenvalue weighted by Gasteiger charge is 2.22. The van der Waals surface area contributed by atoms with Gasteiger partial charge < -0.3 is 15.1 Å². The fourth-order valence-electron chi connectivity index (χ4n) is 2.92. The average molecular weight is 418 g/mol. The number of furan rings is 1. The summed E-state index contributed by atoms with van der Waals surface area (Å²) in [6, 6.07) is 10.9. The van der Waals surface area contributed by atoms with Crippen molar-refractivity contribution in [3.8, 4) is 0 Å². The summed E-state index contributed by atoms with van der Waals surface area (Å²) < 4.78 is 5.11. The molecular weight excluding hydrogens is 386 g/mol. The molecule has 1 heterocycles. The van der Waals surface area contributed by atoms with Gasteiger partial charge >= 0.3 is 0 Å². The number of nitrogens with zero attached hydrogens (tertiary/aromatic N) is 1. The van der Waals surface area contributed by atoms with Crippen molar-refractivity contribution in [3.63, 3.8) is 0 Å². The number of hydrogen-bond donors (Lipinski definition) is 2. The number of benzene rings is 1. The number of hydrogen-bond acceptors (Lipinski definition) is 5. The monoisotopic (exact) mass is 417 g/mol. The third-order valence-corrected chi connectivity index (χ3v) is 5.41. The lowest BCUT2D eigenvalue weighted by Gasteiger charge is -2.19. The summed E-state index contributed by atoms with van der Waals surface area (Å²) in [7, 11) is 0. The molecule has 1 aromatic heterocycles. The quantitative estimate of drug-likeness (QED) is 0.554. The second kappa shape index (κ2) is 12.3. The molecule has 0 saturated heterocycles. The number of rotatable bonds is 12. The van der Waals surface area contributed by atoms with Crippen LogP contribution in [0.25, 0.3) is 0 Å². The summed E-state index contributed by atoms with van der Waals surface area (Å²) in [4.78, 5) is 27.2. The first kappa shape index (κ1) is 23.0. The van der Waals surface area contributed by atoms with E-state index in [1.807, 2.05) is 18.4 Å². The molecule has 29 heavy (non-hydrogen) atoms. The predicted molar refractivity (Wildman–Crippen MR) is 118 cm³/mol. The van der Waals surface area contributed by atoms with Crippen molar-refractivity contribution in [2.24, 2.45) is 0 Å². The van der Waals surface area contributed by atoms with Crippen molar-refractivity contribution in [1.29, 1.82) is 0 Å². The van der Waals surface area contributed by atoms with Crippen molar-refractivity contribution >= 4 is 23.6 Å². The van der Waals surface area contributed by atoms with E-state index in [4.69, 9.17) is 4.42 Å². The Morgan fingerprint density at radius 3 is 2.38 bits per heavy atom. The van der Waals surface area contributed by atoms with E-state index in [1.54, 1.807) is 23.9 Å². The third kappa shape index (κ3) is 7.59. The van der Waals surface area contributed by atoms with E-state index >= 15 is 0 Å². The topological polar surface area (TPSA) is 74.6 Å². The van der Waals surface area contributed by atoms with Gasteiger partial charge in [-0.25, -0.2) is 0 Å². The molecule has 0 radical (unpaired) electrons. The van der Waals surface area contributed by atoms with Crippen molar-refractivity contribution < 1.29 is 14.0 Å². The van der Waals surface area contributed by atoms with Gasteiger partial charge in [0.25, 0.3) is 5.91 Å². The van der Waals surface area contributed by atoms with Gasteiger partial charge in [-0.05, 0) is 54.8 Å². The van der Waals surface area contributed by atoms with Crippen LogP contribution in [0.4, 0.5) is 0 Å². The highest BCUT2D eigenvalue weighted by Crippen LogP contribution is 2.09. The van der Waals surface area contributed by atoms with Crippen LogP contribution in [0.15, 0.2) is 47.1 Å². The van der Waals surface area contributed by atoms with E-state index in [0.29, 0.717) is 13.0 Å². The molecule has 7 heteroatoms. The van der Waals surface area contributed by atoms with E-state index < -0.39 is 6.04 Å². The van der Waals surface area contributed by atoms with Gasteiger partial charge in [-0.2, -0.15) is 11.8 Å². The maximum atomic E-state index is 12.6. The summed E-state index contributed by atoms with van der Waals surface area (Å²) in [6.45, 7) is 7.72. The number of carbonyl (C=O) groups is 2. The van der Waals surface area contributed by atoms with Gasteiger partial charge in [0.15, 0.2) is 5.76 Å². The van der Waals surface area contributed by atoms with Crippen LogP contribution in [-0.2, 0) is 17.9 Å². The standard InChI is InChI=1S/C22H31N3O3S/c1-4-25(5-2)16-18-10-8-17(9-11-18)15-23-21(26)19(12-14-29-3)24-22(27)20-7-6-13-28-20/h6-11,13,19H,4-5,12,14-16H2,1-3H3,(H,23,26)(H,24,27). The van der Waals surface area contributed by atoms with Crippen LogP contribution in [0.5, 0.6) is 0 Å². The van der Waals surface area contributed by atoms with Gasteiger partial charge in [-0.3, -0.25) is 14.5 Å². The van der Waals surface area contributed by atoms with Crippen molar-refractivity contribution in [1.82, 2.24) is 15.5 Å². The van der Waals surface area contributed by atoms with Crippen LogP contribution in [0.1, 0.15) is 41.9 Å². The second-order valence-electron chi connectivity index (χ2n) is 6.78. The largest absolute Gasteiger partial charge is 0.459 e. The molecule has 2 rings (SSSR count). The molecule has 2 amide bonds. The van der Waals surface area contributed by atoms with Crippen LogP contribution in [0.3, 0.4) is 0 Å². The highest BCUT2D eigenvalue weighted by molar-refractivity contribution is 7.98. The molecule has 158 valence electrons. The van der Waals surface area contributed by atoms with Gasteiger partial charge in [0.2, 0.25) is 5.91 Å². The Kier molecular flexibility index (Phi) is 9.80. The first-order chi connectivity index (χ1) is 14.1. The van der Waals surface area contributed by atoms with E-state index in [-0.39, 0.29) is 17.6 Å². The second-order valence-corrected chi connectivity index (χ2v) is 7.77. The zero-order chi connectivity index (χ0) is 21.1. The van der Waals surface area contributed by atoms with Gasteiger partial charge in [-0.1, -0.05) is 38.1 Å². The number of amides is 2. The molecular formula is C22H31N3O3S. The molecule has 0 aliphatic rings. The Labute approximate surface area is 177 Å². The Balaban J connectivity index is 1.90. The molecule has 1 atom stereocenters. The van der Waals surface area contributed by atoms with Crippen molar-refractivity contribution in [2.75, 3.05) is 25.1 Å². The van der Waals surface area contributed by atoms with Crippen LogP contribution in [0.2, 0.25) is 0 Å². The average Bonchev–Trinajstić information content (AvgIpc) is 3.29. The predicted octanol–water partition coefficient (Wildman–Crippen LogP) is 3.29. The maximum Gasteiger partial charge on any atom is 0.287 e. The zero-order valence-corrected chi connectivity index (χ0v) is 18.3. The van der Waals surface area contributed by atoms with Gasteiger partial charge in [0.1, 0.15) is 6.04 Å². The fraction of sp³-hybridized carbons (Fsp3) is 0.455. The normalized spacial score (nSPS) is 12.0. The number of thioether (sulfide) groups is 1. The summed E-state index contributed by atoms with van der Waals surface area (Å²) in [5, 5.41) is 5.71. The molecule has 0 fully saturated rings. The van der Waals surface area contributed by atoms with Crippen LogP contribution in [-0.4, -0.2) is 47.9 Å². The number of nitrogens with one attached hydrogen (secondary N) is 2. The minimum absolute atomic E-state index is 0.189. The molecule has 0 aliphatic carbocycles. The molecule has 0 bridgehead atoms. The lowest BCUT2D eigenvalue weighted by atomic mass is 10.1. The summed E-state index contributed by atoms with van der Waals surface area (Å²) >= 11 is 1.64. The lowest BCUT2D eigenvalue weighted by molar-refractivity contribution is -0.123. The minimum atomic E-state index is -0.595. The van der Waals surface area contributed by atoms with Gasteiger partial charge in [-0.15, -0.1) is 0 Å². The molecule has 6 nitrogen and oxygen atoms in total. The van der Waals surface area contributed by atoms with E-state index in [1.165, 1.54) is 11.8 Å². The Hall–Kier alpha value is -2.25. The van der Waals surface area contributed by atoms with Crippen LogP contribution in [0, 0.1) is 0 Å². The van der Waals surface area contributed by atoms with Crippen molar-refractivity contribution in [3.05, 3.63) is 59.5 Å². The Morgan fingerprint density at radius 1 is 1.10 bits per heavy atom. The SMILES string of the molecule is CCN(CC)Cc1ccc(CNC(=O)C(CCSC)NC(=O)c2ccco2)cc1. The lowest BCUT2D eigenvalue weighted by Crippen LogP contribution is -2.46. The van der Waals surface area contributed by atoms with E-state index in [9.17, 15) is 9.59 Å². The Morgan fingerprint density at radius 2 is 1.79 bits per heavy atom. The molecule has 0 aliphatic heterocycles. The first-order valence-corrected chi connectivity index (χ1v) is 11.4. The Bertz CT molecular complexity index is 743. The highest BCUT2D eigenvalue weighted by atomic mass is 32.2. The molecule has 2 aromatic rings. The smallest absolute Gasteiger partial charge is 0.287 e. The maximum absolute atomic E-state index is 12.6. The summed E-state index contributed by atoms with van der Waals surface area (Å²) in [5.74, 6) is 0.412. The van der Waals surface area contributed by atoms with Crippen LogP contribution >= 0.6 is 11.8 Å². The summed E-state index contributed by atoms with van der Waals surface area (Å²) in [5.41, 5.74) is 2.29. The zero-order valence-electron chi connectivity index (χ0n) is 17.4. The van der Waals surface area contributed by atoms with Crippen LogP contribution < -0.4 is 10.6 Å². The molecule has 2 N–H and O–H groups in total. The van der Waals surface area contributed by atoms with Gasteiger partial charge in [0.05, 0.1) is 6.26 Å². The first-order valence-electron chi connectivity index (χ1n) is 9.98.